The molecule has 12 heteroatoms. The van der Waals surface area contributed by atoms with Crippen molar-refractivity contribution in [1.82, 2.24) is 14.7 Å². The predicted molar refractivity (Wildman–Crippen MR) is 167 cm³/mol. The van der Waals surface area contributed by atoms with Crippen LogP contribution in [0.15, 0.2) is 99.1 Å². The molecule has 0 aliphatic rings. The van der Waals surface area contributed by atoms with E-state index < -0.39 is 11.8 Å². The molecule has 8 nitrogen and oxygen atoms in total. The van der Waals surface area contributed by atoms with E-state index in [1.807, 2.05) is 49.4 Å². The zero-order valence-electron chi connectivity index (χ0n) is 21.2. The maximum Gasteiger partial charge on any atom is 0.272 e. The lowest BCUT2D eigenvalue weighted by Gasteiger charge is -2.12. The highest BCUT2D eigenvalue weighted by Crippen LogP contribution is 2.23. The van der Waals surface area contributed by atoms with Crippen molar-refractivity contribution >= 4 is 85.6 Å². The lowest BCUT2D eigenvalue weighted by molar-refractivity contribution is -0.114. The van der Waals surface area contributed by atoms with Gasteiger partial charge in [0.2, 0.25) is 16.2 Å². The topological polar surface area (TPSA) is 113 Å². The molecule has 1 heterocycles. The zero-order valence-corrected chi connectivity index (χ0v) is 25.3. The third-order valence-electron chi connectivity index (χ3n) is 5.10. The minimum atomic E-state index is -0.471. The van der Waals surface area contributed by atoms with Crippen LogP contribution in [0.1, 0.15) is 22.8 Å². The number of halogens is 1. The van der Waals surface area contributed by atoms with Gasteiger partial charge in [-0.2, -0.15) is 9.36 Å². The van der Waals surface area contributed by atoms with Crippen molar-refractivity contribution in [2.24, 2.45) is 0 Å². The van der Waals surface area contributed by atoms with Crippen LogP contribution in [0.3, 0.4) is 0 Å². The summed E-state index contributed by atoms with van der Waals surface area (Å²) >= 11 is 7.47. The standard InChI is InChI=1S/C28H24BrN5O3S3/c1-2-38-28-33-27(40-34-28)32-24(35)17-39-22-13-11-21(12-14-22)30-26(37)23(16-18-7-6-10-20(29)15-18)31-25(36)19-8-4-3-5-9-19/h3-16H,2,17H2,1H3,(H,30,37)(H,31,36)(H,32,33,34,35)/b23-16-. The highest BCUT2D eigenvalue weighted by atomic mass is 79.9. The van der Waals surface area contributed by atoms with Gasteiger partial charge in [0.1, 0.15) is 5.70 Å². The molecule has 3 aromatic carbocycles. The smallest absolute Gasteiger partial charge is 0.272 e. The van der Waals surface area contributed by atoms with E-state index in [2.05, 4.69) is 41.2 Å². The summed E-state index contributed by atoms with van der Waals surface area (Å²) in [7, 11) is 0. The maximum absolute atomic E-state index is 13.2. The van der Waals surface area contributed by atoms with Crippen LogP contribution < -0.4 is 16.0 Å². The fraction of sp³-hybridized carbons (Fsp3) is 0.107. The van der Waals surface area contributed by atoms with Crippen molar-refractivity contribution in [3.05, 3.63) is 100 Å². The number of carbonyl (C=O) groups is 3. The highest BCUT2D eigenvalue weighted by molar-refractivity contribution is 9.10. The second-order valence-electron chi connectivity index (χ2n) is 8.06. The molecule has 1 aromatic heterocycles. The van der Waals surface area contributed by atoms with Gasteiger partial charge in [-0.3, -0.25) is 19.7 Å². The molecule has 0 fully saturated rings. The Morgan fingerprint density at radius 2 is 1.73 bits per heavy atom. The Balaban J connectivity index is 1.38. The number of nitrogens with one attached hydrogen (secondary N) is 3. The van der Waals surface area contributed by atoms with E-state index in [-0.39, 0.29) is 17.4 Å². The van der Waals surface area contributed by atoms with Gasteiger partial charge in [-0.1, -0.05) is 64.9 Å². The molecule has 0 radical (unpaired) electrons. The Kier molecular flexibility index (Phi) is 10.9. The first-order chi connectivity index (χ1) is 19.4. The van der Waals surface area contributed by atoms with E-state index in [0.29, 0.717) is 21.5 Å². The molecule has 204 valence electrons. The number of anilines is 2. The van der Waals surface area contributed by atoms with E-state index in [4.69, 9.17) is 0 Å². The number of aromatic nitrogens is 2. The molecule has 0 bridgehead atoms. The minimum Gasteiger partial charge on any atom is -0.321 e. The van der Waals surface area contributed by atoms with Crippen LogP contribution in [0.4, 0.5) is 10.8 Å². The van der Waals surface area contributed by atoms with E-state index in [1.54, 1.807) is 42.5 Å². The molecule has 0 aliphatic heterocycles. The molecular formula is C28H24BrN5O3S3. The first-order valence-electron chi connectivity index (χ1n) is 12.0. The highest BCUT2D eigenvalue weighted by Gasteiger charge is 2.15. The zero-order chi connectivity index (χ0) is 28.3. The van der Waals surface area contributed by atoms with Crippen LogP contribution in [-0.2, 0) is 9.59 Å². The SMILES string of the molecule is CCSc1nsc(NC(=O)CSc2ccc(NC(=O)/C(=C/c3cccc(Br)c3)NC(=O)c3ccccc3)cc2)n1. The van der Waals surface area contributed by atoms with Crippen LogP contribution >= 0.6 is 51.0 Å². The average molecular weight is 655 g/mol. The third kappa shape index (κ3) is 9.05. The predicted octanol–water partition coefficient (Wildman–Crippen LogP) is 6.55. The fourth-order valence-electron chi connectivity index (χ4n) is 3.29. The Bertz CT molecular complexity index is 1510. The summed E-state index contributed by atoms with van der Waals surface area (Å²) in [6.07, 6.45) is 1.62. The third-order valence-corrected chi connectivity index (χ3v) is 8.08. The second kappa shape index (κ2) is 14.8. The lowest BCUT2D eigenvalue weighted by atomic mass is 10.1. The summed E-state index contributed by atoms with van der Waals surface area (Å²) in [4.78, 5) is 43.4. The molecule has 4 aromatic rings. The molecular weight excluding hydrogens is 630 g/mol. The van der Waals surface area contributed by atoms with Gasteiger partial charge in [0.25, 0.3) is 11.8 Å². The van der Waals surface area contributed by atoms with Crippen LogP contribution in [0, 0.1) is 0 Å². The van der Waals surface area contributed by atoms with Crippen molar-refractivity contribution in [1.29, 1.82) is 0 Å². The number of rotatable bonds is 11. The summed E-state index contributed by atoms with van der Waals surface area (Å²) in [6, 6.07) is 23.2. The van der Waals surface area contributed by atoms with Crippen molar-refractivity contribution in [3.8, 4) is 0 Å². The minimum absolute atomic E-state index is 0.0965. The first-order valence-corrected chi connectivity index (χ1v) is 15.6. The van der Waals surface area contributed by atoms with Gasteiger partial charge in [-0.05, 0) is 65.9 Å². The Labute approximate surface area is 252 Å². The average Bonchev–Trinajstić information content (AvgIpc) is 3.39. The number of nitrogens with zero attached hydrogens (tertiary/aromatic N) is 2. The summed E-state index contributed by atoms with van der Waals surface area (Å²) in [5.41, 5.74) is 1.82. The largest absolute Gasteiger partial charge is 0.321 e. The number of hydrogen-bond donors (Lipinski definition) is 3. The number of hydrogen-bond acceptors (Lipinski definition) is 8. The fourth-order valence-corrected chi connectivity index (χ4v) is 5.69. The van der Waals surface area contributed by atoms with Gasteiger partial charge >= 0.3 is 0 Å². The molecule has 0 saturated carbocycles. The van der Waals surface area contributed by atoms with Crippen LogP contribution in [0.2, 0.25) is 0 Å². The van der Waals surface area contributed by atoms with Gasteiger partial charge < -0.3 is 10.6 Å². The molecule has 0 atom stereocenters. The van der Waals surface area contributed by atoms with E-state index >= 15 is 0 Å². The molecule has 0 aliphatic carbocycles. The summed E-state index contributed by atoms with van der Waals surface area (Å²) in [6.45, 7) is 2.01. The molecule has 0 saturated heterocycles. The van der Waals surface area contributed by atoms with Gasteiger partial charge in [0.15, 0.2) is 0 Å². The lowest BCUT2D eigenvalue weighted by Crippen LogP contribution is -2.30. The van der Waals surface area contributed by atoms with Crippen LogP contribution in [-0.4, -0.2) is 38.6 Å². The van der Waals surface area contributed by atoms with Crippen molar-refractivity contribution in [2.75, 3.05) is 22.1 Å². The Morgan fingerprint density at radius 3 is 2.45 bits per heavy atom. The second-order valence-corrected chi connectivity index (χ2v) is 12.0. The van der Waals surface area contributed by atoms with Crippen LogP contribution in [0.25, 0.3) is 6.08 Å². The Hall–Kier alpha value is -3.45. The normalized spacial score (nSPS) is 11.1. The van der Waals surface area contributed by atoms with Gasteiger partial charge in [0.05, 0.1) is 5.75 Å². The molecule has 4 rings (SSSR count). The van der Waals surface area contributed by atoms with E-state index in [0.717, 1.165) is 32.2 Å². The quantitative estimate of drug-likeness (QED) is 0.124. The van der Waals surface area contributed by atoms with Crippen molar-refractivity contribution in [3.63, 3.8) is 0 Å². The van der Waals surface area contributed by atoms with E-state index in [1.165, 1.54) is 23.5 Å². The molecule has 40 heavy (non-hydrogen) atoms. The summed E-state index contributed by atoms with van der Waals surface area (Å²) in [5, 5.41) is 9.46. The molecule has 3 N–H and O–H groups in total. The number of thioether (sulfide) groups is 2. The summed E-state index contributed by atoms with van der Waals surface area (Å²) in [5.74, 6) is 0.0224. The first kappa shape index (κ1) is 29.5. The monoisotopic (exact) mass is 653 g/mol. The molecule has 0 spiro atoms. The maximum atomic E-state index is 13.2. The van der Waals surface area contributed by atoms with Crippen LogP contribution in [0.5, 0.6) is 0 Å². The van der Waals surface area contributed by atoms with Crippen molar-refractivity contribution < 1.29 is 14.4 Å². The number of carbonyl (C=O) groups excluding carboxylic acids is 3. The van der Waals surface area contributed by atoms with Gasteiger partial charge in [-0.25, -0.2) is 0 Å². The van der Waals surface area contributed by atoms with Gasteiger partial charge in [0, 0.05) is 32.2 Å². The van der Waals surface area contributed by atoms with Crippen molar-refractivity contribution in [2.45, 2.75) is 17.0 Å². The van der Waals surface area contributed by atoms with Gasteiger partial charge in [-0.15, -0.1) is 11.8 Å². The molecule has 3 amide bonds. The van der Waals surface area contributed by atoms with E-state index in [9.17, 15) is 14.4 Å². The summed E-state index contributed by atoms with van der Waals surface area (Å²) < 4.78 is 5.04. The molecule has 0 unspecified atom stereocenters. The number of amides is 3. The number of benzene rings is 3. The Morgan fingerprint density at radius 1 is 0.950 bits per heavy atom.